The summed E-state index contributed by atoms with van der Waals surface area (Å²) in [6, 6.07) is 0. The van der Waals surface area contributed by atoms with E-state index in [-0.39, 0.29) is 35.3 Å². The standard InChI is InChI=1S/C12H24O2.C3H9NO3S.Na/c1-2-3-4-5-6-7-8-9-10-11-12(13)14;1-4-2-3-8(5,6)7;/h2-11H2,1H3,(H,13,14);4H,2-3H2,1H3,(H,5,6,7);. The van der Waals surface area contributed by atoms with Crippen molar-refractivity contribution in [3.8, 4) is 0 Å². The minimum atomic E-state index is -3.75. The maximum atomic E-state index is 10.2. The maximum Gasteiger partial charge on any atom is 0.303 e. The second-order valence-corrected chi connectivity index (χ2v) is 6.93. The van der Waals surface area contributed by atoms with Crippen molar-refractivity contribution in [2.75, 3.05) is 19.3 Å². The first-order valence-electron chi connectivity index (χ1n) is 8.15. The fraction of sp³-hybridized carbons (Fsp3) is 0.933. The molecule has 6 nitrogen and oxygen atoms in total. The molecular weight excluding hydrogens is 329 g/mol. The van der Waals surface area contributed by atoms with Crippen LogP contribution in [-0.4, -0.2) is 72.9 Å². The van der Waals surface area contributed by atoms with Gasteiger partial charge in [0.2, 0.25) is 0 Å². The average molecular weight is 362 g/mol. The van der Waals surface area contributed by atoms with Crippen molar-refractivity contribution < 1.29 is 22.9 Å². The molecule has 8 heteroatoms. The minimum absolute atomic E-state index is 0. The van der Waals surface area contributed by atoms with Crippen LogP contribution >= 0.6 is 0 Å². The predicted octanol–water partition coefficient (Wildman–Crippen LogP) is 2.70. The first kappa shape index (κ1) is 28.2. The molecule has 0 bridgehead atoms. The second-order valence-electron chi connectivity index (χ2n) is 5.36. The summed E-state index contributed by atoms with van der Waals surface area (Å²) in [6.07, 6.45) is 11.5. The van der Waals surface area contributed by atoms with Crippen LogP contribution in [0.25, 0.3) is 0 Å². The third-order valence-electron chi connectivity index (χ3n) is 3.10. The molecule has 0 aliphatic heterocycles. The van der Waals surface area contributed by atoms with E-state index in [0.29, 0.717) is 13.0 Å². The van der Waals surface area contributed by atoms with Gasteiger partial charge in [-0.2, -0.15) is 8.42 Å². The number of unbranched alkanes of at least 4 members (excludes halogenated alkanes) is 8. The zero-order valence-electron chi connectivity index (χ0n) is 15.0. The largest absolute Gasteiger partial charge is 0.481 e. The van der Waals surface area contributed by atoms with Crippen molar-refractivity contribution in [1.29, 1.82) is 0 Å². The average Bonchev–Trinajstić information content (AvgIpc) is 2.43. The summed E-state index contributed by atoms with van der Waals surface area (Å²) >= 11 is 0. The van der Waals surface area contributed by atoms with Crippen molar-refractivity contribution in [1.82, 2.24) is 5.32 Å². The number of nitrogens with one attached hydrogen (secondary N) is 1. The summed E-state index contributed by atoms with van der Waals surface area (Å²) in [7, 11) is -2.13. The fourth-order valence-corrected chi connectivity index (χ4v) is 2.28. The molecule has 0 aromatic rings. The quantitative estimate of drug-likeness (QED) is 0.264. The molecule has 0 aliphatic carbocycles. The topological polar surface area (TPSA) is 104 Å². The molecule has 0 unspecified atom stereocenters. The summed E-state index contributed by atoms with van der Waals surface area (Å²) < 4.78 is 27.9. The molecule has 0 fully saturated rings. The molecule has 0 saturated carbocycles. The molecule has 135 valence electrons. The van der Waals surface area contributed by atoms with E-state index in [4.69, 9.17) is 9.66 Å². The Labute approximate surface area is 163 Å². The Balaban J connectivity index is -0.000000382. The summed E-state index contributed by atoms with van der Waals surface area (Å²) in [5.74, 6) is -0.878. The van der Waals surface area contributed by atoms with Gasteiger partial charge < -0.3 is 10.4 Å². The van der Waals surface area contributed by atoms with Crippen LogP contribution in [0.1, 0.15) is 71.1 Å². The summed E-state index contributed by atoms with van der Waals surface area (Å²) in [4.78, 5) is 10.2. The Morgan fingerprint density at radius 1 is 0.957 bits per heavy atom. The van der Waals surface area contributed by atoms with Crippen molar-refractivity contribution in [3.05, 3.63) is 0 Å². The van der Waals surface area contributed by atoms with Gasteiger partial charge in [-0.1, -0.05) is 58.3 Å². The van der Waals surface area contributed by atoms with Crippen LogP contribution in [0.2, 0.25) is 0 Å². The van der Waals surface area contributed by atoms with E-state index in [1.54, 1.807) is 7.05 Å². The van der Waals surface area contributed by atoms with E-state index in [1.807, 2.05) is 0 Å². The fourth-order valence-electron chi connectivity index (χ4n) is 1.82. The SMILES string of the molecule is CCCCCCCCCCCC(=O)O.CNCCS(=O)(=O)O.[Na]. The number of hydrogen-bond donors (Lipinski definition) is 3. The normalized spacial score (nSPS) is 10.4. The number of hydrogen-bond acceptors (Lipinski definition) is 4. The van der Waals surface area contributed by atoms with Gasteiger partial charge in [-0.25, -0.2) is 0 Å². The van der Waals surface area contributed by atoms with Crippen LogP contribution in [0.4, 0.5) is 0 Å². The number of carboxylic acid groups (broad SMARTS) is 1. The van der Waals surface area contributed by atoms with Crippen LogP contribution in [0.3, 0.4) is 0 Å². The molecule has 0 amide bonds. The van der Waals surface area contributed by atoms with E-state index in [9.17, 15) is 13.2 Å². The zero-order valence-corrected chi connectivity index (χ0v) is 17.8. The molecule has 0 aromatic carbocycles. The Morgan fingerprint density at radius 3 is 1.70 bits per heavy atom. The van der Waals surface area contributed by atoms with E-state index in [0.717, 1.165) is 12.8 Å². The Kier molecular flexibility index (Phi) is 25.0. The van der Waals surface area contributed by atoms with Gasteiger partial charge in [0, 0.05) is 42.5 Å². The van der Waals surface area contributed by atoms with Crippen LogP contribution in [-0.2, 0) is 14.9 Å². The number of rotatable bonds is 13. The second kappa shape index (κ2) is 20.4. The van der Waals surface area contributed by atoms with Gasteiger partial charge in [0.15, 0.2) is 0 Å². The van der Waals surface area contributed by atoms with Crippen molar-refractivity contribution >= 4 is 45.6 Å². The zero-order chi connectivity index (χ0) is 17.3. The van der Waals surface area contributed by atoms with Gasteiger partial charge in [-0.15, -0.1) is 0 Å². The van der Waals surface area contributed by atoms with Crippen molar-refractivity contribution in [2.45, 2.75) is 71.1 Å². The van der Waals surface area contributed by atoms with Gasteiger partial charge in [-0.05, 0) is 13.5 Å². The third-order valence-corrected chi connectivity index (χ3v) is 3.82. The first-order valence-corrected chi connectivity index (χ1v) is 9.76. The summed E-state index contributed by atoms with van der Waals surface area (Å²) in [5, 5.41) is 11.0. The molecule has 0 aromatic heterocycles. The molecule has 0 saturated heterocycles. The summed E-state index contributed by atoms with van der Waals surface area (Å²) in [6.45, 7) is 2.52. The number of carboxylic acids is 1. The van der Waals surface area contributed by atoms with E-state index in [1.165, 1.54) is 44.9 Å². The van der Waals surface area contributed by atoms with Gasteiger partial charge in [0.25, 0.3) is 10.1 Å². The Hall–Kier alpha value is 0.340. The van der Waals surface area contributed by atoms with Crippen LogP contribution < -0.4 is 5.32 Å². The van der Waals surface area contributed by atoms with E-state index < -0.39 is 16.1 Å². The van der Waals surface area contributed by atoms with Gasteiger partial charge in [0.05, 0.1) is 5.75 Å². The van der Waals surface area contributed by atoms with Gasteiger partial charge in [-0.3, -0.25) is 9.35 Å². The molecule has 0 heterocycles. The molecule has 0 spiro atoms. The monoisotopic (exact) mass is 362 g/mol. The predicted molar refractivity (Wildman–Crippen MR) is 95.6 cm³/mol. The van der Waals surface area contributed by atoms with Crippen LogP contribution in [0.5, 0.6) is 0 Å². The van der Waals surface area contributed by atoms with Crippen LogP contribution in [0.15, 0.2) is 0 Å². The van der Waals surface area contributed by atoms with Crippen LogP contribution in [0, 0.1) is 0 Å². The van der Waals surface area contributed by atoms with E-state index in [2.05, 4.69) is 12.2 Å². The Morgan fingerprint density at radius 2 is 1.39 bits per heavy atom. The molecule has 3 N–H and O–H groups in total. The van der Waals surface area contributed by atoms with E-state index >= 15 is 0 Å². The molecule has 1 radical (unpaired) electrons. The third kappa shape index (κ3) is 34.6. The van der Waals surface area contributed by atoms with Gasteiger partial charge in [0.1, 0.15) is 0 Å². The smallest absolute Gasteiger partial charge is 0.303 e. The summed E-state index contributed by atoms with van der Waals surface area (Å²) in [5.41, 5.74) is 0. The Bertz CT molecular complexity index is 350. The number of aliphatic carboxylic acids is 1. The van der Waals surface area contributed by atoms with Gasteiger partial charge >= 0.3 is 5.97 Å². The molecule has 0 rings (SSSR count). The molecule has 0 aliphatic rings. The first-order chi connectivity index (χ1) is 10.3. The van der Waals surface area contributed by atoms with Crippen molar-refractivity contribution in [3.63, 3.8) is 0 Å². The maximum absolute atomic E-state index is 10.2. The van der Waals surface area contributed by atoms with Crippen molar-refractivity contribution in [2.24, 2.45) is 0 Å². The molecule has 23 heavy (non-hydrogen) atoms. The minimum Gasteiger partial charge on any atom is -0.481 e. The number of carbonyl (C=O) groups is 1. The molecule has 0 atom stereocenters. The molecular formula is C15H33NNaO5S.